The van der Waals surface area contributed by atoms with E-state index in [0.29, 0.717) is 12.3 Å². The van der Waals surface area contributed by atoms with Gasteiger partial charge in [0.15, 0.2) is 0 Å². The third-order valence-corrected chi connectivity index (χ3v) is 2.61. The summed E-state index contributed by atoms with van der Waals surface area (Å²) in [5.41, 5.74) is 7.79. The fraction of sp³-hybridized carbons (Fsp3) is 0.417. The Bertz CT molecular complexity index is 336. The number of amides is 1. The normalized spacial score (nSPS) is 12.1. The van der Waals surface area contributed by atoms with Crippen LogP contribution < -0.4 is 11.1 Å². The molecule has 1 amide bonds. The number of nitrogens with two attached hydrogens (primary N) is 1. The van der Waals surface area contributed by atoms with E-state index in [9.17, 15) is 4.79 Å². The number of nitrogens with one attached hydrogen (secondary N) is 1. The van der Waals surface area contributed by atoms with E-state index in [1.807, 2.05) is 24.3 Å². The van der Waals surface area contributed by atoms with Gasteiger partial charge in [-0.25, -0.2) is 0 Å². The SMILES string of the molecule is CNC(=O)CCC(C)c1ccccc1N. The monoisotopic (exact) mass is 206 g/mol. The molecule has 3 heteroatoms. The number of hydrogen-bond acceptors (Lipinski definition) is 2. The third kappa shape index (κ3) is 3.27. The van der Waals surface area contributed by atoms with Gasteiger partial charge in [-0.05, 0) is 24.0 Å². The predicted molar refractivity (Wildman–Crippen MR) is 62.6 cm³/mol. The van der Waals surface area contributed by atoms with Crippen LogP contribution in [-0.4, -0.2) is 13.0 Å². The van der Waals surface area contributed by atoms with Gasteiger partial charge in [-0.1, -0.05) is 25.1 Å². The van der Waals surface area contributed by atoms with E-state index in [2.05, 4.69) is 12.2 Å². The van der Waals surface area contributed by atoms with Crippen LogP contribution in [0.5, 0.6) is 0 Å². The van der Waals surface area contributed by atoms with Crippen molar-refractivity contribution in [1.29, 1.82) is 0 Å². The molecule has 0 fully saturated rings. The van der Waals surface area contributed by atoms with E-state index in [-0.39, 0.29) is 5.91 Å². The van der Waals surface area contributed by atoms with Crippen LogP contribution in [0.15, 0.2) is 24.3 Å². The van der Waals surface area contributed by atoms with Crippen molar-refractivity contribution in [2.24, 2.45) is 0 Å². The molecule has 0 spiro atoms. The lowest BCUT2D eigenvalue weighted by atomic mass is 9.95. The maximum atomic E-state index is 11.1. The fourth-order valence-corrected chi connectivity index (χ4v) is 1.59. The molecule has 0 aromatic heterocycles. The Hall–Kier alpha value is -1.51. The molecule has 0 saturated heterocycles. The molecular formula is C12H18N2O. The first-order valence-corrected chi connectivity index (χ1v) is 5.20. The highest BCUT2D eigenvalue weighted by Gasteiger charge is 2.09. The van der Waals surface area contributed by atoms with Gasteiger partial charge in [-0.2, -0.15) is 0 Å². The summed E-state index contributed by atoms with van der Waals surface area (Å²) in [4.78, 5) is 11.1. The van der Waals surface area contributed by atoms with E-state index in [0.717, 1.165) is 17.7 Å². The average Bonchev–Trinajstić information content (AvgIpc) is 2.26. The second-order valence-corrected chi connectivity index (χ2v) is 3.74. The van der Waals surface area contributed by atoms with Crippen LogP contribution >= 0.6 is 0 Å². The molecular weight excluding hydrogens is 188 g/mol. The molecule has 0 heterocycles. The number of nitrogen functional groups attached to an aromatic ring is 1. The Balaban J connectivity index is 2.57. The number of para-hydroxylation sites is 1. The van der Waals surface area contributed by atoms with Crippen LogP contribution in [0.1, 0.15) is 31.2 Å². The molecule has 3 N–H and O–H groups in total. The van der Waals surface area contributed by atoms with Crippen molar-refractivity contribution in [1.82, 2.24) is 5.32 Å². The van der Waals surface area contributed by atoms with Crippen molar-refractivity contribution in [3.63, 3.8) is 0 Å². The highest BCUT2D eigenvalue weighted by molar-refractivity contribution is 5.75. The smallest absolute Gasteiger partial charge is 0.219 e. The van der Waals surface area contributed by atoms with Crippen LogP contribution in [0.3, 0.4) is 0 Å². The Kier molecular flexibility index (Phi) is 4.16. The third-order valence-electron chi connectivity index (χ3n) is 2.61. The highest BCUT2D eigenvalue weighted by Crippen LogP contribution is 2.25. The van der Waals surface area contributed by atoms with Crippen molar-refractivity contribution >= 4 is 11.6 Å². The number of carbonyl (C=O) groups excluding carboxylic acids is 1. The number of rotatable bonds is 4. The first-order chi connectivity index (χ1) is 7.15. The van der Waals surface area contributed by atoms with Crippen LogP contribution in [0.25, 0.3) is 0 Å². The standard InChI is InChI=1S/C12H18N2O/c1-9(7-8-12(15)14-2)10-5-3-4-6-11(10)13/h3-6,9H,7-8,13H2,1-2H3,(H,14,15). The Morgan fingerprint density at radius 2 is 2.13 bits per heavy atom. The first-order valence-electron chi connectivity index (χ1n) is 5.20. The molecule has 15 heavy (non-hydrogen) atoms. The second kappa shape index (κ2) is 5.39. The van der Waals surface area contributed by atoms with Crippen LogP contribution in [0.4, 0.5) is 5.69 Å². The van der Waals surface area contributed by atoms with Gasteiger partial charge in [0.05, 0.1) is 0 Å². The molecule has 1 unspecified atom stereocenters. The summed E-state index contributed by atoms with van der Waals surface area (Å²) in [6, 6.07) is 7.81. The summed E-state index contributed by atoms with van der Waals surface area (Å²) in [5, 5.41) is 2.62. The zero-order valence-corrected chi connectivity index (χ0v) is 9.29. The number of anilines is 1. The topological polar surface area (TPSA) is 55.1 Å². The Morgan fingerprint density at radius 3 is 2.73 bits per heavy atom. The maximum Gasteiger partial charge on any atom is 0.219 e. The van der Waals surface area contributed by atoms with Gasteiger partial charge in [0, 0.05) is 19.2 Å². The van der Waals surface area contributed by atoms with Crippen molar-refractivity contribution in [3.05, 3.63) is 29.8 Å². The van der Waals surface area contributed by atoms with Crippen LogP contribution in [0, 0.1) is 0 Å². The van der Waals surface area contributed by atoms with Crippen LogP contribution in [-0.2, 0) is 4.79 Å². The number of benzene rings is 1. The fourth-order valence-electron chi connectivity index (χ4n) is 1.59. The zero-order valence-electron chi connectivity index (χ0n) is 9.29. The molecule has 0 radical (unpaired) electrons. The molecule has 0 bridgehead atoms. The molecule has 1 rings (SSSR count). The van der Waals surface area contributed by atoms with Gasteiger partial charge in [0.2, 0.25) is 5.91 Å². The first kappa shape index (κ1) is 11.6. The van der Waals surface area contributed by atoms with E-state index in [1.165, 1.54) is 0 Å². The van der Waals surface area contributed by atoms with Crippen molar-refractivity contribution in [2.75, 3.05) is 12.8 Å². The molecule has 82 valence electrons. The lowest BCUT2D eigenvalue weighted by Crippen LogP contribution is -2.17. The molecule has 1 atom stereocenters. The zero-order chi connectivity index (χ0) is 11.3. The molecule has 1 aromatic rings. The maximum absolute atomic E-state index is 11.1. The van der Waals surface area contributed by atoms with E-state index in [1.54, 1.807) is 7.05 Å². The van der Waals surface area contributed by atoms with Gasteiger partial charge in [-0.15, -0.1) is 0 Å². The minimum Gasteiger partial charge on any atom is -0.398 e. The van der Waals surface area contributed by atoms with Gasteiger partial charge >= 0.3 is 0 Å². The molecule has 1 aromatic carbocycles. The largest absolute Gasteiger partial charge is 0.398 e. The summed E-state index contributed by atoms with van der Waals surface area (Å²) >= 11 is 0. The number of hydrogen-bond donors (Lipinski definition) is 2. The van der Waals surface area contributed by atoms with Gasteiger partial charge in [-0.3, -0.25) is 4.79 Å². The van der Waals surface area contributed by atoms with Gasteiger partial charge < -0.3 is 11.1 Å². The van der Waals surface area contributed by atoms with Crippen molar-refractivity contribution < 1.29 is 4.79 Å². The lowest BCUT2D eigenvalue weighted by molar-refractivity contribution is -0.120. The summed E-state index contributed by atoms with van der Waals surface area (Å²) in [5.74, 6) is 0.403. The van der Waals surface area contributed by atoms with Crippen molar-refractivity contribution in [3.8, 4) is 0 Å². The minimum absolute atomic E-state index is 0.0800. The van der Waals surface area contributed by atoms with Crippen LogP contribution in [0.2, 0.25) is 0 Å². The van der Waals surface area contributed by atoms with E-state index < -0.39 is 0 Å². The van der Waals surface area contributed by atoms with E-state index in [4.69, 9.17) is 5.73 Å². The summed E-state index contributed by atoms with van der Waals surface area (Å²) in [6.07, 6.45) is 1.37. The second-order valence-electron chi connectivity index (χ2n) is 3.74. The predicted octanol–water partition coefficient (Wildman–Crippen LogP) is 1.90. The summed E-state index contributed by atoms with van der Waals surface area (Å²) in [7, 11) is 1.66. The van der Waals surface area contributed by atoms with Gasteiger partial charge in [0.1, 0.15) is 0 Å². The molecule has 3 nitrogen and oxygen atoms in total. The van der Waals surface area contributed by atoms with Gasteiger partial charge in [0.25, 0.3) is 0 Å². The molecule has 0 aliphatic carbocycles. The Labute approximate surface area is 90.7 Å². The van der Waals surface area contributed by atoms with Crippen molar-refractivity contribution in [2.45, 2.75) is 25.7 Å². The summed E-state index contributed by atoms with van der Waals surface area (Å²) < 4.78 is 0. The highest BCUT2D eigenvalue weighted by atomic mass is 16.1. The Morgan fingerprint density at radius 1 is 1.47 bits per heavy atom. The summed E-state index contributed by atoms with van der Waals surface area (Å²) in [6.45, 7) is 2.09. The molecule has 0 saturated carbocycles. The van der Waals surface area contributed by atoms with E-state index >= 15 is 0 Å². The minimum atomic E-state index is 0.0800. The lowest BCUT2D eigenvalue weighted by Gasteiger charge is -2.13. The quantitative estimate of drug-likeness (QED) is 0.739. The number of carbonyl (C=O) groups is 1. The molecule has 0 aliphatic heterocycles. The average molecular weight is 206 g/mol. The molecule has 0 aliphatic rings.